The van der Waals surface area contributed by atoms with Gasteiger partial charge >= 0.3 is 6.01 Å². The molecule has 2 unspecified atom stereocenters. The van der Waals surface area contributed by atoms with Crippen molar-refractivity contribution >= 4 is 0 Å². The van der Waals surface area contributed by atoms with E-state index in [1.165, 1.54) is 32.1 Å². The smallest absolute Gasteiger partial charge is 0.316 e. The molecule has 3 heterocycles. The van der Waals surface area contributed by atoms with Gasteiger partial charge in [0.1, 0.15) is 5.76 Å². The maximum Gasteiger partial charge on any atom is 0.316 e. The molecule has 3 fully saturated rings. The second kappa shape index (κ2) is 6.34. The van der Waals surface area contributed by atoms with Crippen LogP contribution < -0.4 is 4.74 Å². The zero-order valence-electron chi connectivity index (χ0n) is 15.4. The van der Waals surface area contributed by atoms with Gasteiger partial charge in [0, 0.05) is 48.9 Å². The van der Waals surface area contributed by atoms with Crippen molar-refractivity contribution in [3.8, 4) is 6.01 Å². The third-order valence-electron chi connectivity index (χ3n) is 6.31. The molecular weight excluding hydrogens is 328 g/mol. The first-order chi connectivity index (χ1) is 12.7. The summed E-state index contributed by atoms with van der Waals surface area (Å²) in [5.74, 6) is 2.40. The molecule has 0 bridgehead atoms. The number of hydrogen-bond acceptors (Lipinski definition) is 6. The lowest BCUT2D eigenvalue weighted by molar-refractivity contribution is 0.119. The van der Waals surface area contributed by atoms with Gasteiger partial charge < -0.3 is 9.26 Å². The molecule has 138 valence electrons. The van der Waals surface area contributed by atoms with Crippen LogP contribution in [0, 0.1) is 18.3 Å². The number of hydrogen-bond donors (Lipinski definition) is 0. The van der Waals surface area contributed by atoms with E-state index in [4.69, 9.17) is 9.26 Å². The second-order valence-corrected chi connectivity index (χ2v) is 8.39. The Morgan fingerprint density at radius 2 is 2.27 bits per heavy atom. The fourth-order valence-electron chi connectivity index (χ4n) is 4.78. The zero-order chi connectivity index (χ0) is 17.6. The van der Waals surface area contributed by atoms with Crippen molar-refractivity contribution in [2.45, 2.75) is 51.5 Å². The van der Waals surface area contributed by atoms with E-state index in [0.717, 1.165) is 36.8 Å². The molecule has 1 saturated heterocycles. The van der Waals surface area contributed by atoms with Crippen molar-refractivity contribution in [2.24, 2.45) is 11.3 Å². The molecule has 2 aromatic heterocycles. The molecule has 0 amide bonds. The van der Waals surface area contributed by atoms with Gasteiger partial charge in [-0.25, -0.2) is 9.97 Å². The van der Waals surface area contributed by atoms with Crippen LogP contribution in [0.5, 0.6) is 6.01 Å². The monoisotopic (exact) mass is 354 g/mol. The van der Waals surface area contributed by atoms with Crippen molar-refractivity contribution in [1.29, 1.82) is 0 Å². The highest BCUT2D eigenvalue weighted by atomic mass is 16.5. The van der Waals surface area contributed by atoms with E-state index in [9.17, 15) is 0 Å². The van der Waals surface area contributed by atoms with Crippen LogP contribution in [-0.4, -0.2) is 39.7 Å². The molecule has 6 heteroatoms. The van der Waals surface area contributed by atoms with Gasteiger partial charge in [0.05, 0.1) is 12.3 Å². The van der Waals surface area contributed by atoms with Crippen LogP contribution in [0.15, 0.2) is 22.9 Å². The summed E-state index contributed by atoms with van der Waals surface area (Å²) >= 11 is 0. The van der Waals surface area contributed by atoms with E-state index in [2.05, 4.69) is 26.1 Å². The average molecular weight is 354 g/mol. The van der Waals surface area contributed by atoms with E-state index in [1.807, 2.05) is 13.0 Å². The molecular formula is C20H26N4O2. The van der Waals surface area contributed by atoms with E-state index < -0.39 is 0 Å². The molecule has 2 aromatic rings. The zero-order valence-corrected chi connectivity index (χ0v) is 15.4. The molecule has 26 heavy (non-hydrogen) atoms. The minimum atomic E-state index is 0.232. The minimum Gasteiger partial charge on any atom is -0.463 e. The molecule has 3 aliphatic rings. The minimum absolute atomic E-state index is 0.232. The Kier molecular flexibility index (Phi) is 3.96. The molecule has 0 aromatic carbocycles. The predicted molar refractivity (Wildman–Crippen MR) is 95.8 cm³/mol. The summed E-state index contributed by atoms with van der Waals surface area (Å²) in [6.07, 6.45) is 8.09. The van der Waals surface area contributed by atoms with Gasteiger partial charge in [-0.2, -0.15) is 0 Å². The summed E-state index contributed by atoms with van der Waals surface area (Å²) in [5, 5.41) is 4.29. The summed E-state index contributed by atoms with van der Waals surface area (Å²) in [7, 11) is 0. The Hall–Kier alpha value is -1.95. The first-order valence-corrected chi connectivity index (χ1v) is 9.80. The Bertz CT molecular complexity index is 788. The maximum atomic E-state index is 6.03. The molecule has 1 aliphatic heterocycles. The van der Waals surface area contributed by atoms with Crippen molar-refractivity contribution in [3.05, 3.63) is 35.5 Å². The van der Waals surface area contributed by atoms with Crippen LogP contribution in [0.3, 0.4) is 0 Å². The standard InChI is InChI=1S/C20H26N4O2/c1-14-6-8-21-19(22-14)25-13-20-7-2-3-16(20)10-24(12-20)11-17-9-18(26-23-17)15-4-5-15/h6,8-9,15-16H,2-5,7,10-13H2,1H3. The number of rotatable bonds is 6. The SMILES string of the molecule is Cc1ccnc(OCC23CCCC2CN(Cc2cc(C4CC4)on2)C3)n1. The third kappa shape index (κ3) is 3.11. The number of likely N-dealkylation sites (tertiary alicyclic amines) is 1. The van der Waals surface area contributed by atoms with E-state index in [1.54, 1.807) is 6.20 Å². The van der Waals surface area contributed by atoms with E-state index in [0.29, 0.717) is 24.5 Å². The number of aromatic nitrogens is 3. The van der Waals surface area contributed by atoms with Gasteiger partial charge in [0.15, 0.2) is 0 Å². The van der Waals surface area contributed by atoms with Crippen molar-refractivity contribution < 1.29 is 9.26 Å². The van der Waals surface area contributed by atoms with Gasteiger partial charge in [-0.05, 0) is 44.6 Å². The summed E-state index contributed by atoms with van der Waals surface area (Å²) < 4.78 is 11.6. The van der Waals surface area contributed by atoms with Crippen molar-refractivity contribution in [2.75, 3.05) is 19.7 Å². The molecule has 2 saturated carbocycles. The molecule has 0 N–H and O–H groups in total. The maximum absolute atomic E-state index is 6.03. The molecule has 5 rings (SSSR count). The van der Waals surface area contributed by atoms with Gasteiger partial charge in [-0.1, -0.05) is 11.6 Å². The first-order valence-electron chi connectivity index (χ1n) is 9.80. The van der Waals surface area contributed by atoms with E-state index in [-0.39, 0.29) is 5.41 Å². The molecule has 6 nitrogen and oxygen atoms in total. The highest BCUT2D eigenvalue weighted by molar-refractivity contribution is 5.15. The fraction of sp³-hybridized carbons (Fsp3) is 0.650. The third-order valence-corrected chi connectivity index (χ3v) is 6.31. The van der Waals surface area contributed by atoms with Crippen LogP contribution in [0.2, 0.25) is 0 Å². The van der Waals surface area contributed by atoms with Crippen molar-refractivity contribution in [3.63, 3.8) is 0 Å². The molecule has 0 radical (unpaired) electrons. The quantitative estimate of drug-likeness (QED) is 0.793. The highest BCUT2D eigenvalue weighted by Crippen LogP contribution is 2.49. The van der Waals surface area contributed by atoms with Crippen LogP contribution in [0.4, 0.5) is 0 Å². The highest BCUT2D eigenvalue weighted by Gasteiger charge is 2.50. The van der Waals surface area contributed by atoms with Gasteiger partial charge in [0.2, 0.25) is 0 Å². The second-order valence-electron chi connectivity index (χ2n) is 8.39. The Labute approximate surface area is 153 Å². The van der Waals surface area contributed by atoms with E-state index >= 15 is 0 Å². The normalized spacial score (nSPS) is 28.4. The average Bonchev–Trinajstić information content (AvgIpc) is 3.10. The summed E-state index contributed by atoms with van der Waals surface area (Å²) in [6, 6.07) is 4.57. The summed E-state index contributed by atoms with van der Waals surface area (Å²) in [5.41, 5.74) is 2.25. The fourth-order valence-corrected chi connectivity index (χ4v) is 4.78. The number of nitrogens with zero attached hydrogens (tertiary/aromatic N) is 4. The number of aryl methyl sites for hydroxylation is 1. The lowest BCUT2D eigenvalue weighted by Gasteiger charge is -2.28. The Morgan fingerprint density at radius 1 is 1.35 bits per heavy atom. The first kappa shape index (κ1) is 16.2. The lowest BCUT2D eigenvalue weighted by Crippen LogP contribution is -2.34. The summed E-state index contributed by atoms with van der Waals surface area (Å²) in [6.45, 7) is 5.76. The number of fused-ring (bicyclic) bond motifs is 1. The lowest BCUT2D eigenvalue weighted by atomic mass is 9.82. The number of ether oxygens (including phenoxy) is 1. The van der Waals surface area contributed by atoms with Gasteiger partial charge in [-0.15, -0.1) is 0 Å². The van der Waals surface area contributed by atoms with Crippen LogP contribution >= 0.6 is 0 Å². The Balaban J connectivity index is 1.24. The predicted octanol–water partition coefficient (Wildman–Crippen LogP) is 3.33. The molecule has 0 spiro atoms. The largest absolute Gasteiger partial charge is 0.463 e. The van der Waals surface area contributed by atoms with Crippen molar-refractivity contribution in [1.82, 2.24) is 20.0 Å². The van der Waals surface area contributed by atoms with Crippen LogP contribution in [-0.2, 0) is 6.54 Å². The topological polar surface area (TPSA) is 64.3 Å². The summed E-state index contributed by atoms with van der Waals surface area (Å²) in [4.78, 5) is 11.2. The molecule has 2 atom stereocenters. The Morgan fingerprint density at radius 3 is 3.12 bits per heavy atom. The van der Waals surface area contributed by atoms with Gasteiger partial charge in [0.25, 0.3) is 0 Å². The van der Waals surface area contributed by atoms with Gasteiger partial charge in [-0.3, -0.25) is 4.90 Å². The van der Waals surface area contributed by atoms with Crippen LogP contribution in [0.25, 0.3) is 0 Å². The molecule has 2 aliphatic carbocycles. The van der Waals surface area contributed by atoms with Crippen LogP contribution in [0.1, 0.15) is 55.2 Å².